The van der Waals surface area contributed by atoms with Gasteiger partial charge in [0.05, 0.1) is 0 Å². The molecule has 1 aliphatic heterocycles. The van der Waals surface area contributed by atoms with Gasteiger partial charge in [0, 0.05) is 38.2 Å². The molecule has 0 saturated heterocycles. The van der Waals surface area contributed by atoms with Gasteiger partial charge in [0.2, 0.25) is 0 Å². The molecule has 1 saturated carbocycles. The maximum Gasteiger partial charge on any atom is 0.263 e. The van der Waals surface area contributed by atoms with E-state index < -0.39 is 5.60 Å². The zero-order chi connectivity index (χ0) is 18.6. The summed E-state index contributed by atoms with van der Waals surface area (Å²) < 4.78 is 0. The van der Waals surface area contributed by atoms with Gasteiger partial charge in [-0.05, 0) is 24.9 Å². The van der Waals surface area contributed by atoms with Crippen molar-refractivity contribution in [3.05, 3.63) is 47.7 Å². The summed E-state index contributed by atoms with van der Waals surface area (Å²) in [4.78, 5) is 17.6. The van der Waals surface area contributed by atoms with Crippen LogP contribution in [0, 0.1) is 5.92 Å². The van der Waals surface area contributed by atoms with Gasteiger partial charge < -0.3 is 10.0 Å². The van der Waals surface area contributed by atoms with Crippen LogP contribution in [0.2, 0.25) is 0 Å². The first-order chi connectivity index (χ1) is 12.6. The van der Waals surface area contributed by atoms with E-state index in [4.69, 9.17) is 0 Å². The van der Waals surface area contributed by atoms with Crippen LogP contribution in [0.5, 0.6) is 0 Å². The van der Waals surface area contributed by atoms with Crippen molar-refractivity contribution in [2.75, 3.05) is 26.7 Å². The Labute approximate surface area is 157 Å². The van der Waals surface area contributed by atoms with E-state index >= 15 is 0 Å². The molecule has 2 aliphatic rings. The normalized spacial score (nSPS) is 21.7. The molecule has 4 nitrogen and oxygen atoms in total. The number of hydrogen-bond donors (Lipinski definition) is 1. The minimum absolute atomic E-state index is 0.00932. The maximum atomic E-state index is 13.5. The molecule has 0 radical (unpaired) electrons. The molecule has 0 aromatic heterocycles. The molecule has 1 atom stereocenters. The number of nitrogens with zero attached hydrogens (tertiary/aromatic N) is 2. The fraction of sp³-hybridized carbons (Fsp3) is 0.591. The van der Waals surface area contributed by atoms with Gasteiger partial charge in [-0.2, -0.15) is 0 Å². The van der Waals surface area contributed by atoms with Crippen LogP contribution in [0.4, 0.5) is 0 Å². The Hall–Kier alpha value is -1.65. The number of amides is 1. The highest BCUT2D eigenvalue weighted by molar-refractivity contribution is 5.88. The average molecular weight is 357 g/mol. The van der Waals surface area contributed by atoms with Gasteiger partial charge >= 0.3 is 0 Å². The first-order valence-electron chi connectivity index (χ1n) is 10.0. The molecule has 1 N–H and O–H groups in total. The third-order valence-corrected chi connectivity index (χ3v) is 6.19. The first-order valence-corrected chi connectivity index (χ1v) is 10.0. The molecule has 1 unspecified atom stereocenters. The number of rotatable bonds is 5. The monoisotopic (exact) mass is 356 g/mol. The van der Waals surface area contributed by atoms with Gasteiger partial charge in [-0.25, -0.2) is 0 Å². The third-order valence-electron chi connectivity index (χ3n) is 6.19. The second kappa shape index (κ2) is 8.36. The SMILES string of the molecule is CCN1CC=C(N(C)C(=O)C(O)(c2ccccc2)C2CCCCC2)CC1. The van der Waals surface area contributed by atoms with Crippen LogP contribution in [-0.2, 0) is 10.4 Å². The topological polar surface area (TPSA) is 43.8 Å². The van der Waals surface area contributed by atoms with Gasteiger partial charge in [-0.15, -0.1) is 0 Å². The Kier molecular flexibility index (Phi) is 6.15. The fourth-order valence-corrected chi connectivity index (χ4v) is 4.42. The van der Waals surface area contributed by atoms with E-state index in [2.05, 4.69) is 17.9 Å². The highest BCUT2D eigenvalue weighted by atomic mass is 16.3. The summed E-state index contributed by atoms with van der Waals surface area (Å²) in [7, 11) is 1.83. The van der Waals surface area contributed by atoms with E-state index in [0.717, 1.165) is 63.0 Å². The lowest BCUT2D eigenvalue weighted by Gasteiger charge is -2.41. The van der Waals surface area contributed by atoms with Gasteiger partial charge in [-0.3, -0.25) is 9.69 Å². The van der Waals surface area contributed by atoms with E-state index in [1.165, 1.54) is 6.42 Å². The maximum absolute atomic E-state index is 13.5. The molecule has 0 bridgehead atoms. The highest BCUT2D eigenvalue weighted by Crippen LogP contribution is 2.41. The van der Waals surface area contributed by atoms with Crippen molar-refractivity contribution >= 4 is 5.91 Å². The molecule has 3 rings (SSSR count). The Bertz CT molecular complexity index is 637. The quantitative estimate of drug-likeness (QED) is 0.878. The van der Waals surface area contributed by atoms with Crippen LogP contribution in [0.15, 0.2) is 42.1 Å². The van der Waals surface area contributed by atoms with E-state index in [1.54, 1.807) is 4.90 Å². The summed E-state index contributed by atoms with van der Waals surface area (Å²) in [6.45, 7) is 5.02. The molecule has 1 fully saturated rings. The summed E-state index contributed by atoms with van der Waals surface area (Å²) in [6.07, 6.45) is 8.18. The number of aliphatic hydroxyl groups is 1. The van der Waals surface area contributed by atoms with Gasteiger partial charge in [0.15, 0.2) is 5.60 Å². The minimum Gasteiger partial charge on any atom is -0.375 e. The molecule has 1 amide bonds. The minimum atomic E-state index is -1.43. The Morgan fingerprint density at radius 3 is 2.50 bits per heavy atom. The molecule has 1 aromatic rings. The molecule has 142 valence electrons. The number of carbonyl (C=O) groups is 1. The fourth-order valence-electron chi connectivity index (χ4n) is 4.42. The van der Waals surface area contributed by atoms with Crippen molar-refractivity contribution in [3.8, 4) is 0 Å². The molecule has 1 heterocycles. The van der Waals surface area contributed by atoms with Crippen LogP contribution >= 0.6 is 0 Å². The Morgan fingerprint density at radius 1 is 1.23 bits per heavy atom. The van der Waals surface area contributed by atoms with E-state index in [-0.39, 0.29) is 11.8 Å². The summed E-state index contributed by atoms with van der Waals surface area (Å²) in [5.41, 5.74) is 0.333. The Balaban J connectivity index is 1.89. The lowest BCUT2D eigenvalue weighted by molar-refractivity contribution is -0.158. The van der Waals surface area contributed by atoms with Crippen molar-refractivity contribution in [3.63, 3.8) is 0 Å². The number of hydrogen-bond acceptors (Lipinski definition) is 3. The number of benzene rings is 1. The third kappa shape index (κ3) is 3.72. The van der Waals surface area contributed by atoms with E-state index in [9.17, 15) is 9.90 Å². The predicted molar refractivity (Wildman–Crippen MR) is 104 cm³/mol. The molecular formula is C22H32N2O2. The number of likely N-dealkylation sites (N-methyl/N-ethyl adjacent to an activating group) is 2. The number of carbonyl (C=O) groups excluding carboxylic acids is 1. The molecule has 1 aliphatic carbocycles. The van der Waals surface area contributed by atoms with Crippen molar-refractivity contribution < 1.29 is 9.90 Å². The second-order valence-electron chi connectivity index (χ2n) is 7.67. The van der Waals surface area contributed by atoms with Crippen molar-refractivity contribution in [1.82, 2.24) is 9.80 Å². The zero-order valence-electron chi connectivity index (χ0n) is 16.2. The molecule has 1 aromatic carbocycles. The van der Waals surface area contributed by atoms with Crippen molar-refractivity contribution in [2.45, 2.75) is 51.0 Å². The van der Waals surface area contributed by atoms with Crippen LogP contribution in [-0.4, -0.2) is 47.5 Å². The van der Waals surface area contributed by atoms with Crippen LogP contribution < -0.4 is 0 Å². The molecular weight excluding hydrogens is 324 g/mol. The second-order valence-corrected chi connectivity index (χ2v) is 7.67. The van der Waals surface area contributed by atoms with Gasteiger partial charge in [-0.1, -0.05) is 62.6 Å². The first kappa shape index (κ1) is 19.1. The summed E-state index contributed by atoms with van der Waals surface area (Å²) in [5, 5.41) is 11.7. The zero-order valence-corrected chi connectivity index (χ0v) is 16.2. The van der Waals surface area contributed by atoms with Gasteiger partial charge in [0.25, 0.3) is 5.91 Å². The molecule has 0 spiro atoms. The van der Waals surface area contributed by atoms with Crippen LogP contribution in [0.25, 0.3) is 0 Å². The largest absolute Gasteiger partial charge is 0.375 e. The van der Waals surface area contributed by atoms with E-state index in [1.807, 2.05) is 37.4 Å². The highest BCUT2D eigenvalue weighted by Gasteiger charge is 2.47. The predicted octanol–water partition coefficient (Wildman–Crippen LogP) is 3.52. The lowest BCUT2D eigenvalue weighted by atomic mass is 9.72. The van der Waals surface area contributed by atoms with E-state index in [0.29, 0.717) is 0 Å². The molecule has 4 heteroatoms. The van der Waals surface area contributed by atoms with Crippen LogP contribution in [0.1, 0.15) is 51.0 Å². The summed E-state index contributed by atoms with van der Waals surface area (Å²) >= 11 is 0. The van der Waals surface area contributed by atoms with Crippen LogP contribution in [0.3, 0.4) is 0 Å². The van der Waals surface area contributed by atoms with Crippen molar-refractivity contribution in [1.29, 1.82) is 0 Å². The lowest BCUT2D eigenvalue weighted by Crippen LogP contribution is -2.51. The van der Waals surface area contributed by atoms with Crippen molar-refractivity contribution in [2.24, 2.45) is 5.92 Å². The van der Waals surface area contributed by atoms with Gasteiger partial charge in [0.1, 0.15) is 0 Å². The Morgan fingerprint density at radius 2 is 1.92 bits per heavy atom. The average Bonchev–Trinajstić information content (AvgIpc) is 2.73. The standard InChI is InChI=1S/C22H32N2O2/c1-3-24-16-14-20(15-17-24)23(2)21(25)22(26,18-10-6-4-7-11-18)19-12-8-5-9-13-19/h4,6-7,10-11,14,19,26H,3,5,8-9,12-13,15-17H2,1-2H3. The molecule has 26 heavy (non-hydrogen) atoms. The summed E-state index contributed by atoms with van der Waals surface area (Å²) in [6, 6.07) is 9.55. The summed E-state index contributed by atoms with van der Waals surface area (Å²) in [5.74, 6) is -0.184. The smallest absolute Gasteiger partial charge is 0.263 e.